The summed E-state index contributed by atoms with van der Waals surface area (Å²) in [5.74, 6) is 1.41. The first-order chi connectivity index (χ1) is 14.0. The van der Waals surface area contributed by atoms with Crippen LogP contribution in [-0.4, -0.2) is 28.7 Å². The van der Waals surface area contributed by atoms with E-state index in [1.54, 1.807) is 18.5 Å². The number of aromatic nitrogens is 2. The highest BCUT2D eigenvalue weighted by Crippen LogP contribution is 2.50. The first kappa shape index (κ1) is 19.4. The molecule has 4 rings (SSSR count). The third-order valence-electron chi connectivity index (χ3n) is 4.88. The molecule has 0 fully saturated rings. The summed E-state index contributed by atoms with van der Waals surface area (Å²) in [6, 6.07) is 14.7. The topological polar surface area (TPSA) is 92.6 Å². The number of para-hydroxylation sites is 2. The number of nitrogens with zero attached hydrogens (tertiary/aromatic N) is 3. The fraction of sp³-hybridized carbons (Fsp3) is 0.238. The minimum atomic E-state index is -4.15. The molecule has 1 atom stereocenters. The van der Waals surface area contributed by atoms with Gasteiger partial charge in [0.1, 0.15) is 0 Å². The molecule has 0 radical (unpaired) electrons. The van der Waals surface area contributed by atoms with Gasteiger partial charge in [-0.05, 0) is 48.7 Å². The molecule has 150 valence electrons. The molecule has 1 aliphatic heterocycles. The van der Waals surface area contributed by atoms with Gasteiger partial charge in [0.05, 0.1) is 23.2 Å². The van der Waals surface area contributed by atoms with Crippen LogP contribution in [0.1, 0.15) is 30.8 Å². The first-order valence-corrected chi connectivity index (χ1v) is 11.0. The van der Waals surface area contributed by atoms with Crippen LogP contribution in [0.25, 0.3) is 0 Å². The van der Waals surface area contributed by atoms with Crippen molar-refractivity contribution in [2.45, 2.75) is 25.8 Å². The van der Waals surface area contributed by atoms with Gasteiger partial charge in [-0.1, -0.05) is 25.1 Å². The normalized spacial score (nSPS) is 13.9. The molecule has 1 aromatic heterocycles. The molecule has 2 heterocycles. The highest BCUT2D eigenvalue weighted by Gasteiger charge is 2.33. The Kier molecular flexibility index (Phi) is 5.21. The zero-order valence-electron chi connectivity index (χ0n) is 15.9. The molecule has 1 unspecified atom stereocenters. The molecule has 0 amide bonds. The zero-order chi connectivity index (χ0) is 20.4. The maximum absolute atomic E-state index is 11.5. The Balaban J connectivity index is 1.89. The monoisotopic (exact) mass is 411 g/mol. The summed E-state index contributed by atoms with van der Waals surface area (Å²) in [7, 11) is -4.15. The number of rotatable bonds is 6. The van der Waals surface area contributed by atoms with Crippen LogP contribution in [0.2, 0.25) is 0 Å². The van der Waals surface area contributed by atoms with Gasteiger partial charge < -0.3 is 9.64 Å². The van der Waals surface area contributed by atoms with Gasteiger partial charge in [-0.15, -0.1) is 0 Å². The van der Waals surface area contributed by atoms with E-state index in [-0.39, 0.29) is 6.42 Å². The average molecular weight is 411 g/mol. The predicted octanol–water partition coefficient (Wildman–Crippen LogP) is 4.30. The van der Waals surface area contributed by atoms with E-state index >= 15 is 0 Å². The Morgan fingerprint density at radius 1 is 1.03 bits per heavy atom. The number of fused-ring (bicyclic) bond motifs is 2. The van der Waals surface area contributed by atoms with Crippen molar-refractivity contribution in [1.29, 1.82) is 0 Å². The lowest BCUT2D eigenvalue weighted by molar-refractivity contribution is 0.458. The average Bonchev–Trinajstić information content (AvgIpc) is 2.73. The number of ether oxygens (including phenoxy) is 1. The predicted molar refractivity (Wildman–Crippen MR) is 110 cm³/mol. The smallest absolute Gasteiger partial charge is 0.264 e. The Hall–Kier alpha value is -2.97. The Morgan fingerprint density at radius 3 is 2.48 bits per heavy atom. The van der Waals surface area contributed by atoms with Crippen molar-refractivity contribution in [2.75, 3.05) is 10.7 Å². The van der Waals surface area contributed by atoms with Crippen molar-refractivity contribution in [3.05, 3.63) is 72.3 Å². The lowest BCUT2D eigenvalue weighted by Crippen LogP contribution is -2.30. The van der Waals surface area contributed by atoms with Crippen molar-refractivity contribution in [3.8, 4) is 11.5 Å². The molecule has 0 saturated carbocycles. The second-order valence-corrected chi connectivity index (χ2v) is 8.36. The summed E-state index contributed by atoms with van der Waals surface area (Å²) in [6.07, 6.45) is 4.21. The van der Waals surface area contributed by atoms with E-state index in [9.17, 15) is 13.0 Å². The fourth-order valence-corrected chi connectivity index (χ4v) is 4.02. The van der Waals surface area contributed by atoms with E-state index in [1.165, 1.54) is 0 Å². The summed E-state index contributed by atoms with van der Waals surface area (Å²) in [5.41, 5.74) is 2.73. The maximum atomic E-state index is 11.5. The minimum absolute atomic E-state index is 0.118. The van der Waals surface area contributed by atoms with Gasteiger partial charge in [0.25, 0.3) is 10.1 Å². The summed E-state index contributed by atoms with van der Waals surface area (Å²) in [6.45, 7) is 2.07. The van der Waals surface area contributed by atoms with Crippen molar-refractivity contribution >= 4 is 21.5 Å². The Labute approximate surface area is 169 Å². The van der Waals surface area contributed by atoms with Crippen molar-refractivity contribution in [3.63, 3.8) is 0 Å². The number of aryl methyl sites for hydroxylation is 1. The molecule has 0 bridgehead atoms. The van der Waals surface area contributed by atoms with Crippen LogP contribution in [0.3, 0.4) is 0 Å². The molecule has 8 heteroatoms. The quantitative estimate of drug-likeness (QED) is 0.605. The molecule has 0 saturated heterocycles. The van der Waals surface area contributed by atoms with E-state index in [0.29, 0.717) is 17.3 Å². The van der Waals surface area contributed by atoms with Gasteiger partial charge in [0, 0.05) is 12.4 Å². The summed E-state index contributed by atoms with van der Waals surface area (Å²) in [5, 5.41) is 0. The van der Waals surface area contributed by atoms with Gasteiger partial charge in [0.15, 0.2) is 17.3 Å². The van der Waals surface area contributed by atoms with E-state index in [1.807, 2.05) is 47.4 Å². The third-order valence-corrected chi connectivity index (χ3v) is 5.63. The van der Waals surface area contributed by atoms with Crippen LogP contribution >= 0.6 is 0 Å². The molecule has 7 nitrogen and oxygen atoms in total. The minimum Gasteiger partial charge on any atom is -0.453 e. The standard InChI is InChI=1S/C21H21N3O4S/c1-2-15-8-9-20-18(14-15)24(16-6-3-4-7-19(16)28-20)17(10-13-29(25,26)27)21-22-11-5-12-23-21/h3-9,11-12,14,17H,2,10,13H2,1H3,(H,25,26,27). The number of benzene rings is 2. The lowest BCUT2D eigenvalue weighted by atomic mass is 10.0. The van der Waals surface area contributed by atoms with Gasteiger partial charge in [-0.2, -0.15) is 8.42 Å². The van der Waals surface area contributed by atoms with E-state index in [2.05, 4.69) is 16.9 Å². The summed E-state index contributed by atoms with van der Waals surface area (Å²) in [4.78, 5) is 10.8. The Bertz CT molecular complexity index is 1120. The van der Waals surface area contributed by atoms with Crippen molar-refractivity contribution < 1.29 is 17.7 Å². The molecule has 1 aliphatic rings. The van der Waals surface area contributed by atoms with Gasteiger partial charge in [0.2, 0.25) is 0 Å². The Morgan fingerprint density at radius 2 is 1.76 bits per heavy atom. The molecule has 0 spiro atoms. The number of hydrogen-bond donors (Lipinski definition) is 1. The van der Waals surface area contributed by atoms with Crippen LogP contribution in [-0.2, 0) is 16.5 Å². The van der Waals surface area contributed by atoms with E-state index in [0.717, 1.165) is 23.4 Å². The SMILES string of the molecule is CCc1ccc2c(c1)N(C(CCS(=O)(=O)O)c1ncccn1)c1ccccc1O2. The summed E-state index contributed by atoms with van der Waals surface area (Å²) >= 11 is 0. The number of hydrogen-bond acceptors (Lipinski definition) is 6. The zero-order valence-corrected chi connectivity index (χ0v) is 16.7. The van der Waals surface area contributed by atoms with Gasteiger partial charge >= 0.3 is 0 Å². The second-order valence-electron chi connectivity index (χ2n) is 6.79. The maximum Gasteiger partial charge on any atom is 0.264 e. The summed E-state index contributed by atoms with van der Waals surface area (Å²) < 4.78 is 38.5. The molecule has 2 aromatic carbocycles. The third kappa shape index (κ3) is 4.08. The highest BCUT2D eigenvalue weighted by atomic mass is 32.2. The van der Waals surface area contributed by atoms with Crippen molar-refractivity contribution in [2.24, 2.45) is 0 Å². The number of anilines is 2. The second kappa shape index (κ2) is 7.81. The van der Waals surface area contributed by atoms with Gasteiger partial charge in [-0.25, -0.2) is 9.97 Å². The highest BCUT2D eigenvalue weighted by molar-refractivity contribution is 7.85. The van der Waals surface area contributed by atoms with Crippen LogP contribution in [0, 0.1) is 0 Å². The van der Waals surface area contributed by atoms with Gasteiger partial charge in [-0.3, -0.25) is 4.55 Å². The van der Waals surface area contributed by atoms with E-state index < -0.39 is 21.9 Å². The van der Waals surface area contributed by atoms with Crippen molar-refractivity contribution in [1.82, 2.24) is 9.97 Å². The van der Waals surface area contributed by atoms with Crippen LogP contribution in [0.4, 0.5) is 11.4 Å². The van der Waals surface area contributed by atoms with Crippen LogP contribution in [0.5, 0.6) is 11.5 Å². The molecular weight excluding hydrogens is 390 g/mol. The molecule has 3 aromatic rings. The molecular formula is C21H21N3O4S. The largest absolute Gasteiger partial charge is 0.453 e. The molecule has 0 aliphatic carbocycles. The van der Waals surface area contributed by atoms with E-state index in [4.69, 9.17) is 4.74 Å². The molecule has 29 heavy (non-hydrogen) atoms. The first-order valence-electron chi connectivity index (χ1n) is 9.37. The lowest BCUT2D eigenvalue weighted by Gasteiger charge is -2.38. The molecule has 1 N–H and O–H groups in total. The van der Waals surface area contributed by atoms with Crippen LogP contribution < -0.4 is 9.64 Å². The fourth-order valence-electron chi connectivity index (χ4n) is 3.50. The van der Waals surface area contributed by atoms with Crippen LogP contribution in [0.15, 0.2) is 60.9 Å².